The number of hydrogen-bond acceptors (Lipinski definition) is 5. The molecule has 0 unspecified atom stereocenters. The van der Waals surface area contributed by atoms with E-state index in [2.05, 4.69) is 10.6 Å². The summed E-state index contributed by atoms with van der Waals surface area (Å²) in [4.78, 5) is 35.0. The van der Waals surface area contributed by atoms with Crippen molar-refractivity contribution in [3.8, 4) is 0 Å². The molecule has 0 radical (unpaired) electrons. The van der Waals surface area contributed by atoms with E-state index in [-0.39, 0.29) is 6.42 Å². The maximum atomic E-state index is 11.8. The smallest absolute Gasteiger partial charge is 0.321 e. The number of aryl methyl sites for hydroxylation is 1. The quantitative estimate of drug-likeness (QED) is 0.813. The lowest BCUT2D eigenvalue weighted by Crippen LogP contribution is -2.50. The average Bonchev–Trinajstić information content (AvgIpc) is 2.86. The highest BCUT2D eigenvalue weighted by Crippen LogP contribution is 2.09. The average molecular weight is 326 g/mol. The van der Waals surface area contributed by atoms with Crippen molar-refractivity contribution in [3.63, 3.8) is 0 Å². The van der Waals surface area contributed by atoms with Crippen molar-refractivity contribution >= 4 is 29.2 Å². The Morgan fingerprint density at radius 1 is 1.32 bits per heavy atom. The SMILES string of the molecule is C[C@H](OC(=O)CCc1ccsc1)C(=O)NC(=O)NC(C)(C)C. The van der Waals surface area contributed by atoms with Crippen LogP contribution in [0.25, 0.3) is 0 Å². The first-order valence-electron chi connectivity index (χ1n) is 7.01. The fourth-order valence-electron chi connectivity index (χ4n) is 1.58. The van der Waals surface area contributed by atoms with Crippen LogP contribution in [0.3, 0.4) is 0 Å². The maximum absolute atomic E-state index is 11.8. The van der Waals surface area contributed by atoms with E-state index in [9.17, 15) is 14.4 Å². The van der Waals surface area contributed by atoms with E-state index in [1.807, 2.05) is 16.8 Å². The number of urea groups is 1. The minimum Gasteiger partial charge on any atom is -0.453 e. The van der Waals surface area contributed by atoms with E-state index >= 15 is 0 Å². The predicted octanol–water partition coefficient (Wildman–Crippen LogP) is 2.24. The zero-order valence-electron chi connectivity index (χ0n) is 13.3. The molecular formula is C15H22N2O4S. The van der Waals surface area contributed by atoms with Gasteiger partial charge in [-0.25, -0.2) is 4.79 Å². The van der Waals surface area contributed by atoms with Gasteiger partial charge in [-0.2, -0.15) is 11.3 Å². The highest BCUT2D eigenvalue weighted by molar-refractivity contribution is 7.07. The Balaban J connectivity index is 2.33. The minimum atomic E-state index is -1.01. The van der Waals surface area contributed by atoms with E-state index in [4.69, 9.17) is 4.74 Å². The molecule has 2 N–H and O–H groups in total. The van der Waals surface area contributed by atoms with Gasteiger partial charge in [0, 0.05) is 12.0 Å². The largest absolute Gasteiger partial charge is 0.453 e. The van der Waals surface area contributed by atoms with Gasteiger partial charge in [-0.3, -0.25) is 14.9 Å². The topological polar surface area (TPSA) is 84.5 Å². The lowest BCUT2D eigenvalue weighted by atomic mass is 10.1. The van der Waals surface area contributed by atoms with E-state index < -0.39 is 29.6 Å². The standard InChI is InChI=1S/C15H22N2O4S/c1-10(13(19)16-14(20)17-15(2,3)4)21-12(18)6-5-11-7-8-22-9-11/h7-10H,5-6H2,1-4H3,(H2,16,17,19,20)/t10-/m0/s1. The number of esters is 1. The molecule has 3 amide bonds. The normalized spacial score (nSPS) is 12.4. The Hall–Kier alpha value is -1.89. The molecule has 1 rings (SSSR count). The second-order valence-electron chi connectivity index (χ2n) is 5.96. The van der Waals surface area contributed by atoms with Gasteiger partial charge in [0.1, 0.15) is 0 Å². The van der Waals surface area contributed by atoms with E-state index in [1.54, 1.807) is 32.1 Å². The van der Waals surface area contributed by atoms with Crippen LogP contribution >= 0.6 is 11.3 Å². The van der Waals surface area contributed by atoms with Crippen molar-refractivity contribution in [1.29, 1.82) is 0 Å². The third-order valence-electron chi connectivity index (χ3n) is 2.60. The molecule has 6 nitrogen and oxygen atoms in total. The highest BCUT2D eigenvalue weighted by atomic mass is 32.1. The third kappa shape index (κ3) is 7.21. The van der Waals surface area contributed by atoms with Crippen LogP contribution in [0, 0.1) is 0 Å². The number of amides is 3. The fourth-order valence-corrected chi connectivity index (χ4v) is 2.28. The number of nitrogens with one attached hydrogen (secondary N) is 2. The molecule has 0 aliphatic carbocycles. The van der Waals surface area contributed by atoms with Crippen molar-refractivity contribution in [2.45, 2.75) is 52.2 Å². The van der Waals surface area contributed by atoms with Crippen LogP contribution in [0.1, 0.15) is 39.7 Å². The lowest BCUT2D eigenvalue weighted by molar-refractivity contribution is -0.154. The van der Waals surface area contributed by atoms with Gasteiger partial charge in [0.25, 0.3) is 5.91 Å². The van der Waals surface area contributed by atoms with Gasteiger partial charge in [-0.05, 0) is 56.5 Å². The molecule has 7 heteroatoms. The van der Waals surface area contributed by atoms with Crippen molar-refractivity contribution < 1.29 is 19.1 Å². The van der Waals surface area contributed by atoms with Gasteiger partial charge in [0.05, 0.1) is 0 Å². The van der Waals surface area contributed by atoms with Crippen LogP contribution in [0.5, 0.6) is 0 Å². The predicted molar refractivity (Wildman–Crippen MR) is 84.6 cm³/mol. The number of carbonyl (C=O) groups excluding carboxylic acids is 3. The molecule has 122 valence electrons. The molecule has 1 aromatic heterocycles. The second-order valence-corrected chi connectivity index (χ2v) is 6.74. The van der Waals surface area contributed by atoms with Crippen LogP contribution in [0.2, 0.25) is 0 Å². The van der Waals surface area contributed by atoms with Gasteiger partial charge < -0.3 is 10.1 Å². The van der Waals surface area contributed by atoms with Gasteiger partial charge in [0.2, 0.25) is 0 Å². The van der Waals surface area contributed by atoms with Crippen LogP contribution in [0.4, 0.5) is 4.79 Å². The summed E-state index contributed by atoms with van der Waals surface area (Å²) in [6.07, 6.45) is -0.246. The van der Waals surface area contributed by atoms with Crippen molar-refractivity contribution in [1.82, 2.24) is 10.6 Å². The lowest BCUT2D eigenvalue weighted by Gasteiger charge is -2.21. The van der Waals surface area contributed by atoms with Crippen molar-refractivity contribution in [2.75, 3.05) is 0 Å². The Morgan fingerprint density at radius 2 is 2.00 bits per heavy atom. The Labute approximate surface area is 134 Å². The fraction of sp³-hybridized carbons (Fsp3) is 0.533. The summed E-state index contributed by atoms with van der Waals surface area (Å²) in [6.45, 7) is 6.82. The van der Waals surface area contributed by atoms with Gasteiger partial charge in [-0.1, -0.05) is 0 Å². The highest BCUT2D eigenvalue weighted by Gasteiger charge is 2.21. The van der Waals surface area contributed by atoms with Crippen molar-refractivity contribution in [2.24, 2.45) is 0 Å². The number of ether oxygens (including phenoxy) is 1. The molecule has 0 bridgehead atoms. The van der Waals surface area contributed by atoms with Crippen LogP contribution < -0.4 is 10.6 Å². The molecule has 1 heterocycles. The van der Waals surface area contributed by atoms with E-state index in [0.717, 1.165) is 5.56 Å². The molecule has 22 heavy (non-hydrogen) atoms. The Morgan fingerprint density at radius 3 is 2.55 bits per heavy atom. The molecule has 1 aromatic rings. The molecule has 0 saturated heterocycles. The zero-order chi connectivity index (χ0) is 16.8. The molecule has 0 aromatic carbocycles. The molecule has 0 fully saturated rings. The first kappa shape index (κ1) is 18.2. The maximum Gasteiger partial charge on any atom is 0.321 e. The van der Waals surface area contributed by atoms with Gasteiger partial charge in [-0.15, -0.1) is 0 Å². The summed E-state index contributed by atoms with van der Waals surface area (Å²) in [5.74, 6) is -1.12. The zero-order valence-corrected chi connectivity index (χ0v) is 14.1. The number of hydrogen-bond donors (Lipinski definition) is 2. The first-order valence-corrected chi connectivity index (χ1v) is 7.95. The number of thiophene rings is 1. The van der Waals surface area contributed by atoms with Gasteiger partial charge >= 0.3 is 12.0 Å². The van der Waals surface area contributed by atoms with Crippen LogP contribution in [0.15, 0.2) is 16.8 Å². The summed E-state index contributed by atoms with van der Waals surface area (Å²) in [5, 5.41) is 8.63. The monoisotopic (exact) mass is 326 g/mol. The summed E-state index contributed by atoms with van der Waals surface area (Å²) >= 11 is 1.56. The minimum absolute atomic E-state index is 0.197. The Kier molecular flexibility index (Phi) is 6.55. The number of rotatable bonds is 5. The molecule has 0 saturated carbocycles. The molecule has 1 atom stereocenters. The molecule has 0 aliphatic heterocycles. The number of carbonyl (C=O) groups is 3. The molecule has 0 aliphatic rings. The summed E-state index contributed by atoms with van der Waals surface area (Å²) in [6, 6.07) is 1.32. The summed E-state index contributed by atoms with van der Waals surface area (Å²) in [7, 11) is 0. The summed E-state index contributed by atoms with van der Waals surface area (Å²) < 4.78 is 5.01. The van der Waals surface area contributed by atoms with E-state index in [1.165, 1.54) is 6.92 Å². The Bertz CT molecular complexity index is 520. The van der Waals surface area contributed by atoms with Gasteiger partial charge in [0.15, 0.2) is 6.10 Å². The molecular weight excluding hydrogens is 304 g/mol. The van der Waals surface area contributed by atoms with Crippen molar-refractivity contribution in [3.05, 3.63) is 22.4 Å². The third-order valence-corrected chi connectivity index (χ3v) is 3.33. The first-order chi connectivity index (χ1) is 10.2. The van der Waals surface area contributed by atoms with Crippen LogP contribution in [-0.4, -0.2) is 29.6 Å². The summed E-state index contributed by atoms with van der Waals surface area (Å²) in [5.41, 5.74) is 0.605. The second kappa shape index (κ2) is 7.93. The van der Waals surface area contributed by atoms with E-state index in [0.29, 0.717) is 6.42 Å². The number of imide groups is 1. The molecule has 0 spiro atoms. The van der Waals surface area contributed by atoms with Crippen LogP contribution in [-0.2, 0) is 20.7 Å².